The van der Waals surface area contributed by atoms with Gasteiger partial charge in [-0.25, -0.2) is 9.97 Å². The summed E-state index contributed by atoms with van der Waals surface area (Å²) in [4.78, 5) is 7.99. The van der Waals surface area contributed by atoms with Gasteiger partial charge in [-0.2, -0.15) is 0 Å². The van der Waals surface area contributed by atoms with Gasteiger partial charge in [-0.1, -0.05) is 12.1 Å². The van der Waals surface area contributed by atoms with E-state index in [1.165, 1.54) is 5.56 Å². The normalized spacial score (nSPS) is 10.3. The Labute approximate surface area is 100 Å². The monoisotopic (exact) mass is 229 g/mol. The molecule has 0 saturated carbocycles. The molecule has 2 aromatic rings. The molecule has 0 radical (unpaired) electrons. The number of anilines is 1. The fourth-order valence-corrected chi connectivity index (χ4v) is 1.76. The second-order valence-electron chi connectivity index (χ2n) is 3.92. The molecule has 88 valence electrons. The Bertz CT molecular complexity index is 535. The van der Waals surface area contributed by atoms with Gasteiger partial charge in [0.1, 0.15) is 5.75 Å². The Morgan fingerprint density at radius 1 is 1.12 bits per heavy atom. The molecule has 0 aliphatic heterocycles. The van der Waals surface area contributed by atoms with E-state index in [2.05, 4.69) is 23.0 Å². The molecule has 4 heteroatoms. The highest BCUT2D eigenvalue weighted by Gasteiger charge is 2.10. The first-order valence-electron chi connectivity index (χ1n) is 5.35. The molecule has 0 atom stereocenters. The predicted octanol–water partition coefficient (Wildman–Crippen LogP) is 2.35. The molecule has 0 aliphatic carbocycles. The van der Waals surface area contributed by atoms with E-state index in [-0.39, 0.29) is 5.95 Å². The van der Waals surface area contributed by atoms with Crippen molar-refractivity contribution in [3.05, 3.63) is 35.7 Å². The summed E-state index contributed by atoms with van der Waals surface area (Å²) in [6.07, 6.45) is 3.41. The second-order valence-corrected chi connectivity index (χ2v) is 3.92. The van der Waals surface area contributed by atoms with Crippen LogP contribution < -0.4 is 10.5 Å². The smallest absolute Gasteiger partial charge is 0.219 e. The third-order valence-corrected chi connectivity index (χ3v) is 2.86. The zero-order chi connectivity index (χ0) is 12.4. The number of nitrogens with two attached hydrogens (primary N) is 1. The first-order valence-corrected chi connectivity index (χ1v) is 5.35. The number of aromatic nitrogens is 2. The number of ether oxygens (including phenoxy) is 1. The van der Waals surface area contributed by atoms with Gasteiger partial charge in [-0.3, -0.25) is 0 Å². The molecule has 1 heterocycles. The van der Waals surface area contributed by atoms with E-state index in [4.69, 9.17) is 10.5 Å². The van der Waals surface area contributed by atoms with Crippen LogP contribution in [0.2, 0.25) is 0 Å². The fraction of sp³-hybridized carbons (Fsp3) is 0.231. The van der Waals surface area contributed by atoms with Crippen LogP contribution >= 0.6 is 0 Å². The van der Waals surface area contributed by atoms with Crippen LogP contribution in [-0.4, -0.2) is 17.1 Å². The van der Waals surface area contributed by atoms with Crippen molar-refractivity contribution in [2.45, 2.75) is 13.8 Å². The molecule has 0 unspecified atom stereocenters. The number of nitrogens with zero attached hydrogens (tertiary/aromatic N) is 2. The molecule has 0 spiro atoms. The number of benzene rings is 1. The minimum absolute atomic E-state index is 0.275. The van der Waals surface area contributed by atoms with Crippen molar-refractivity contribution < 1.29 is 4.74 Å². The van der Waals surface area contributed by atoms with Crippen molar-refractivity contribution >= 4 is 5.95 Å². The molecule has 1 aromatic carbocycles. The van der Waals surface area contributed by atoms with Crippen LogP contribution in [0.1, 0.15) is 11.1 Å². The van der Waals surface area contributed by atoms with Crippen LogP contribution in [0.3, 0.4) is 0 Å². The van der Waals surface area contributed by atoms with Crippen LogP contribution in [-0.2, 0) is 0 Å². The van der Waals surface area contributed by atoms with Gasteiger partial charge in [0, 0.05) is 23.5 Å². The zero-order valence-corrected chi connectivity index (χ0v) is 10.2. The van der Waals surface area contributed by atoms with Crippen molar-refractivity contribution in [1.29, 1.82) is 0 Å². The number of aryl methyl sites for hydroxylation is 1. The maximum atomic E-state index is 5.48. The van der Waals surface area contributed by atoms with Gasteiger partial charge in [0.05, 0.1) is 7.11 Å². The molecule has 0 fully saturated rings. The molecule has 4 nitrogen and oxygen atoms in total. The van der Waals surface area contributed by atoms with Crippen molar-refractivity contribution in [2.75, 3.05) is 12.8 Å². The summed E-state index contributed by atoms with van der Waals surface area (Å²) in [5.41, 5.74) is 9.68. The minimum Gasteiger partial charge on any atom is -0.496 e. The van der Waals surface area contributed by atoms with Gasteiger partial charge in [0.15, 0.2) is 0 Å². The van der Waals surface area contributed by atoms with E-state index >= 15 is 0 Å². The quantitative estimate of drug-likeness (QED) is 0.858. The van der Waals surface area contributed by atoms with Gasteiger partial charge >= 0.3 is 0 Å². The highest BCUT2D eigenvalue weighted by atomic mass is 16.5. The lowest BCUT2D eigenvalue weighted by molar-refractivity contribution is 0.413. The molecule has 2 N–H and O–H groups in total. The van der Waals surface area contributed by atoms with Crippen LogP contribution in [0.4, 0.5) is 5.95 Å². The third-order valence-electron chi connectivity index (χ3n) is 2.86. The molecule has 17 heavy (non-hydrogen) atoms. The summed E-state index contributed by atoms with van der Waals surface area (Å²) < 4.78 is 5.45. The third kappa shape index (κ3) is 2.06. The average Bonchev–Trinajstić information content (AvgIpc) is 2.34. The van der Waals surface area contributed by atoms with Gasteiger partial charge in [0.25, 0.3) is 0 Å². The Morgan fingerprint density at radius 2 is 1.76 bits per heavy atom. The van der Waals surface area contributed by atoms with Crippen LogP contribution in [0.15, 0.2) is 24.5 Å². The maximum absolute atomic E-state index is 5.48. The molecule has 2 rings (SSSR count). The molecule has 1 aromatic heterocycles. The predicted molar refractivity (Wildman–Crippen MR) is 67.9 cm³/mol. The van der Waals surface area contributed by atoms with E-state index < -0.39 is 0 Å². The highest BCUT2D eigenvalue weighted by Crippen LogP contribution is 2.33. The van der Waals surface area contributed by atoms with Crippen molar-refractivity contribution in [3.8, 4) is 16.9 Å². The van der Waals surface area contributed by atoms with Gasteiger partial charge in [-0.15, -0.1) is 0 Å². The van der Waals surface area contributed by atoms with Crippen LogP contribution in [0.5, 0.6) is 5.75 Å². The van der Waals surface area contributed by atoms with Crippen molar-refractivity contribution in [2.24, 2.45) is 0 Å². The molecular weight excluding hydrogens is 214 g/mol. The SMILES string of the molecule is COc1c(-c2cnc(N)nc2)ccc(C)c1C. The van der Waals surface area contributed by atoms with Gasteiger partial charge in [-0.05, 0) is 25.0 Å². The average molecular weight is 229 g/mol. The second kappa shape index (κ2) is 4.41. The van der Waals surface area contributed by atoms with Crippen LogP contribution in [0, 0.1) is 13.8 Å². The number of hydrogen-bond acceptors (Lipinski definition) is 4. The summed E-state index contributed by atoms with van der Waals surface area (Å²) in [5.74, 6) is 1.13. The molecule has 0 bridgehead atoms. The Balaban J connectivity index is 2.59. The fourth-order valence-electron chi connectivity index (χ4n) is 1.76. The lowest BCUT2D eigenvalue weighted by Gasteiger charge is -2.13. The molecule has 0 saturated heterocycles. The van der Waals surface area contributed by atoms with E-state index in [1.54, 1.807) is 19.5 Å². The lowest BCUT2D eigenvalue weighted by atomic mass is 10.0. The number of hydrogen-bond donors (Lipinski definition) is 1. The zero-order valence-electron chi connectivity index (χ0n) is 10.2. The van der Waals surface area contributed by atoms with E-state index in [0.29, 0.717) is 0 Å². The Kier molecular flexibility index (Phi) is 2.95. The minimum atomic E-state index is 0.275. The number of nitrogen functional groups attached to an aromatic ring is 1. The largest absolute Gasteiger partial charge is 0.496 e. The molecule has 0 aliphatic rings. The van der Waals surface area contributed by atoms with Gasteiger partial charge in [0.2, 0.25) is 5.95 Å². The Morgan fingerprint density at radius 3 is 2.35 bits per heavy atom. The van der Waals surface area contributed by atoms with E-state index in [9.17, 15) is 0 Å². The molecule has 0 amide bonds. The van der Waals surface area contributed by atoms with Crippen molar-refractivity contribution in [3.63, 3.8) is 0 Å². The maximum Gasteiger partial charge on any atom is 0.219 e. The first-order chi connectivity index (χ1) is 8.13. The summed E-state index contributed by atoms with van der Waals surface area (Å²) >= 11 is 0. The van der Waals surface area contributed by atoms with E-state index in [0.717, 1.165) is 22.4 Å². The van der Waals surface area contributed by atoms with Gasteiger partial charge < -0.3 is 10.5 Å². The van der Waals surface area contributed by atoms with Crippen LogP contribution in [0.25, 0.3) is 11.1 Å². The lowest BCUT2D eigenvalue weighted by Crippen LogP contribution is -1.97. The van der Waals surface area contributed by atoms with E-state index in [1.807, 2.05) is 13.0 Å². The standard InChI is InChI=1S/C13H15N3O/c1-8-4-5-11(12(17-3)9(8)2)10-6-15-13(14)16-7-10/h4-7H,1-3H3,(H2,14,15,16). The summed E-state index contributed by atoms with van der Waals surface area (Å²) in [6.45, 7) is 4.09. The topological polar surface area (TPSA) is 61.0 Å². The summed E-state index contributed by atoms with van der Waals surface area (Å²) in [6, 6.07) is 4.07. The number of rotatable bonds is 2. The summed E-state index contributed by atoms with van der Waals surface area (Å²) in [5, 5.41) is 0. The highest BCUT2D eigenvalue weighted by molar-refractivity contribution is 5.72. The number of methoxy groups -OCH3 is 1. The summed E-state index contributed by atoms with van der Waals surface area (Å²) in [7, 11) is 1.67. The molecular formula is C13H15N3O. The Hall–Kier alpha value is -2.10. The first kappa shape index (κ1) is 11.4. The van der Waals surface area contributed by atoms with Crippen molar-refractivity contribution in [1.82, 2.24) is 9.97 Å².